The van der Waals surface area contributed by atoms with Crippen LogP contribution in [0.15, 0.2) is 29.4 Å². The number of hydrogen-bond acceptors (Lipinski definition) is 5. The fourth-order valence-electron chi connectivity index (χ4n) is 2.07. The fraction of sp³-hybridized carbons (Fsp3) is 0.429. The summed E-state index contributed by atoms with van der Waals surface area (Å²) in [6.45, 7) is 3.27. The molecule has 1 aliphatic rings. The molecule has 1 amide bonds. The maximum Gasteiger partial charge on any atom is 0.260 e. The minimum atomic E-state index is -0.0105. The Labute approximate surface area is 123 Å². The van der Waals surface area contributed by atoms with Gasteiger partial charge in [-0.1, -0.05) is 5.16 Å². The molecule has 3 N–H and O–H groups in total. The average molecular weight is 292 g/mol. The number of benzene rings is 1. The van der Waals surface area contributed by atoms with E-state index < -0.39 is 0 Å². The molecule has 0 aromatic heterocycles. The first-order chi connectivity index (χ1) is 10.1. The molecule has 21 heavy (non-hydrogen) atoms. The van der Waals surface area contributed by atoms with Crippen LogP contribution in [0.3, 0.4) is 0 Å². The monoisotopic (exact) mass is 292 g/mol. The number of amides is 1. The lowest BCUT2D eigenvalue weighted by Crippen LogP contribution is -2.48. The molecule has 1 fully saturated rings. The normalized spacial score (nSPS) is 16.8. The van der Waals surface area contributed by atoms with Gasteiger partial charge < -0.3 is 25.5 Å². The Morgan fingerprint density at radius 3 is 2.48 bits per heavy atom. The molecule has 7 nitrogen and oxygen atoms in total. The quantitative estimate of drug-likeness (QED) is 0.351. The van der Waals surface area contributed by atoms with Gasteiger partial charge in [0.15, 0.2) is 12.4 Å². The maximum atomic E-state index is 12.0. The van der Waals surface area contributed by atoms with Crippen molar-refractivity contribution in [3.05, 3.63) is 29.8 Å². The van der Waals surface area contributed by atoms with Crippen LogP contribution in [0.1, 0.15) is 5.56 Å². The van der Waals surface area contributed by atoms with Crippen LogP contribution in [0.4, 0.5) is 0 Å². The number of piperazine rings is 1. The zero-order valence-electron chi connectivity index (χ0n) is 12.0. The minimum Gasteiger partial charge on any atom is -0.484 e. The Morgan fingerprint density at radius 2 is 1.90 bits per heavy atom. The van der Waals surface area contributed by atoms with Gasteiger partial charge in [-0.2, -0.15) is 0 Å². The second kappa shape index (κ2) is 6.94. The highest BCUT2D eigenvalue weighted by Gasteiger charge is 2.19. The summed E-state index contributed by atoms with van der Waals surface area (Å²) in [7, 11) is 2.04. The third-order valence-electron chi connectivity index (χ3n) is 3.48. The summed E-state index contributed by atoms with van der Waals surface area (Å²) in [6, 6.07) is 6.71. The largest absolute Gasteiger partial charge is 0.484 e. The van der Waals surface area contributed by atoms with Gasteiger partial charge in [0.25, 0.3) is 5.91 Å². The van der Waals surface area contributed by atoms with E-state index in [-0.39, 0.29) is 18.3 Å². The van der Waals surface area contributed by atoms with E-state index in [1.807, 2.05) is 11.9 Å². The van der Waals surface area contributed by atoms with E-state index in [9.17, 15) is 4.79 Å². The molecule has 0 bridgehead atoms. The first kappa shape index (κ1) is 15.1. The lowest BCUT2D eigenvalue weighted by molar-refractivity contribution is -0.134. The van der Waals surface area contributed by atoms with Crippen LogP contribution in [-0.2, 0) is 4.79 Å². The summed E-state index contributed by atoms with van der Waals surface area (Å²) >= 11 is 0. The predicted molar refractivity (Wildman–Crippen MR) is 78.5 cm³/mol. The highest BCUT2D eigenvalue weighted by Crippen LogP contribution is 2.12. The zero-order chi connectivity index (χ0) is 15.2. The van der Waals surface area contributed by atoms with E-state index in [0.717, 1.165) is 26.2 Å². The third kappa shape index (κ3) is 4.09. The van der Waals surface area contributed by atoms with Gasteiger partial charge in [-0.05, 0) is 31.3 Å². The number of ether oxygens (including phenoxy) is 1. The van der Waals surface area contributed by atoms with Crippen LogP contribution in [0, 0.1) is 0 Å². The summed E-state index contributed by atoms with van der Waals surface area (Å²) in [4.78, 5) is 16.0. The second-order valence-corrected chi connectivity index (χ2v) is 4.98. The third-order valence-corrected chi connectivity index (χ3v) is 3.48. The van der Waals surface area contributed by atoms with Crippen LogP contribution in [0.5, 0.6) is 5.75 Å². The average Bonchev–Trinajstić information content (AvgIpc) is 2.53. The first-order valence-corrected chi connectivity index (χ1v) is 6.77. The van der Waals surface area contributed by atoms with Crippen LogP contribution >= 0.6 is 0 Å². The molecule has 0 radical (unpaired) electrons. The van der Waals surface area contributed by atoms with Gasteiger partial charge >= 0.3 is 0 Å². The summed E-state index contributed by atoms with van der Waals surface area (Å²) in [5, 5.41) is 11.5. The van der Waals surface area contributed by atoms with Crippen molar-refractivity contribution in [3.8, 4) is 5.75 Å². The van der Waals surface area contributed by atoms with Crippen molar-refractivity contribution < 1.29 is 14.7 Å². The summed E-state index contributed by atoms with van der Waals surface area (Å²) in [5.41, 5.74) is 6.06. The Kier molecular flexibility index (Phi) is 4.99. The summed E-state index contributed by atoms with van der Waals surface area (Å²) in [5.74, 6) is 0.602. The lowest BCUT2D eigenvalue weighted by atomic mass is 10.2. The number of oxime groups is 1. The van der Waals surface area contributed by atoms with Crippen molar-refractivity contribution in [1.29, 1.82) is 0 Å². The van der Waals surface area contributed by atoms with Crippen molar-refractivity contribution in [1.82, 2.24) is 9.80 Å². The number of nitrogens with zero attached hydrogens (tertiary/aromatic N) is 3. The van der Waals surface area contributed by atoms with Crippen LogP contribution < -0.4 is 10.5 Å². The van der Waals surface area contributed by atoms with Crippen LogP contribution in [0.2, 0.25) is 0 Å². The molecular weight excluding hydrogens is 272 g/mol. The molecule has 0 atom stereocenters. The Balaban J connectivity index is 1.84. The minimum absolute atomic E-state index is 0.0105. The van der Waals surface area contributed by atoms with Gasteiger partial charge in [-0.25, -0.2) is 0 Å². The SMILES string of the molecule is CN1CCN(C(=O)COc2ccc(/C(N)=N/O)cc2)CC1. The number of rotatable bonds is 4. The van der Waals surface area contributed by atoms with Gasteiger partial charge in [0.2, 0.25) is 0 Å². The van der Waals surface area contributed by atoms with Crippen molar-refractivity contribution in [2.75, 3.05) is 39.8 Å². The van der Waals surface area contributed by atoms with Crippen molar-refractivity contribution in [3.63, 3.8) is 0 Å². The van der Waals surface area contributed by atoms with Crippen LogP contribution in [0.25, 0.3) is 0 Å². The molecule has 1 heterocycles. The molecule has 1 aromatic rings. The summed E-state index contributed by atoms with van der Waals surface area (Å²) < 4.78 is 5.47. The van der Waals surface area contributed by atoms with Crippen molar-refractivity contribution in [2.45, 2.75) is 0 Å². The van der Waals surface area contributed by atoms with Gasteiger partial charge in [0.1, 0.15) is 5.75 Å². The predicted octanol–water partition coefficient (Wildman–Crippen LogP) is -0.0661. The molecule has 7 heteroatoms. The smallest absolute Gasteiger partial charge is 0.260 e. The molecular formula is C14H20N4O3. The number of amidine groups is 1. The highest BCUT2D eigenvalue weighted by molar-refractivity contribution is 5.97. The topological polar surface area (TPSA) is 91.4 Å². The molecule has 0 saturated carbocycles. The van der Waals surface area contributed by atoms with Gasteiger partial charge in [0.05, 0.1) is 0 Å². The highest BCUT2D eigenvalue weighted by atomic mass is 16.5. The maximum absolute atomic E-state index is 12.0. The van der Waals surface area contributed by atoms with E-state index in [2.05, 4.69) is 10.1 Å². The van der Waals surface area contributed by atoms with Gasteiger partial charge in [-0.3, -0.25) is 4.79 Å². The fourth-order valence-corrected chi connectivity index (χ4v) is 2.07. The number of carbonyl (C=O) groups is 1. The van der Waals surface area contributed by atoms with Crippen molar-refractivity contribution >= 4 is 11.7 Å². The molecule has 1 aromatic carbocycles. The zero-order valence-corrected chi connectivity index (χ0v) is 12.0. The van der Waals surface area contributed by atoms with Gasteiger partial charge in [-0.15, -0.1) is 0 Å². The van der Waals surface area contributed by atoms with Crippen LogP contribution in [-0.4, -0.2) is 66.6 Å². The molecule has 0 spiro atoms. The molecule has 114 valence electrons. The van der Waals surface area contributed by atoms with E-state index >= 15 is 0 Å². The summed E-state index contributed by atoms with van der Waals surface area (Å²) in [6.07, 6.45) is 0. The van der Waals surface area contributed by atoms with E-state index in [0.29, 0.717) is 11.3 Å². The van der Waals surface area contributed by atoms with E-state index in [1.165, 1.54) is 0 Å². The molecule has 1 saturated heterocycles. The molecule has 0 unspecified atom stereocenters. The van der Waals surface area contributed by atoms with E-state index in [4.69, 9.17) is 15.7 Å². The second-order valence-electron chi connectivity index (χ2n) is 4.98. The van der Waals surface area contributed by atoms with E-state index in [1.54, 1.807) is 24.3 Å². The van der Waals surface area contributed by atoms with Gasteiger partial charge in [0, 0.05) is 31.7 Å². The Morgan fingerprint density at radius 1 is 1.29 bits per heavy atom. The number of carbonyl (C=O) groups excluding carboxylic acids is 1. The first-order valence-electron chi connectivity index (χ1n) is 6.77. The number of likely N-dealkylation sites (N-methyl/N-ethyl adjacent to an activating group) is 1. The van der Waals surface area contributed by atoms with Crippen molar-refractivity contribution in [2.24, 2.45) is 10.9 Å². The molecule has 2 rings (SSSR count). The lowest BCUT2D eigenvalue weighted by Gasteiger charge is -2.32. The number of hydrogen-bond donors (Lipinski definition) is 2. The molecule has 1 aliphatic heterocycles. The Bertz CT molecular complexity index is 507. The molecule has 0 aliphatic carbocycles. The standard InChI is InChI=1S/C14H20N4O3/c1-17-6-8-18(9-7-17)13(19)10-21-12-4-2-11(3-5-12)14(15)16-20/h2-5,20H,6-10H2,1H3,(H2,15,16). The Hall–Kier alpha value is -2.28. The number of nitrogens with two attached hydrogens (primary N) is 1.